The first-order valence-corrected chi connectivity index (χ1v) is 9.85. The molecule has 26 heavy (non-hydrogen) atoms. The van der Waals surface area contributed by atoms with Gasteiger partial charge in [-0.2, -0.15) is 0 Å². The zero-order valence-corrected chi connectivity index (χ0v) is 16.5. The lowest BCUT2D eigenvalue weighted by Crippen LogP contribution is -2.27. The highest BCUT2D eigenvalue weighted by Gasteiger charge is 2.07. The van der Waals surface area contributed by atoms with Crippen molar-refractivity contribution in [3.63, 3.8) is 0 Å². The zero-order chi connectivity index (χ0) is 18.4. The van der Waals surface area contributed by atoms with E-state index in [-0.39, 0.29) is 0 Å². The molecule has 3 aromatic rings. The van der Waals surface area contributed by atoms with Gasteiger partial charge in [0.1, 0.15) is 6.33 Å². The summed E-state index contributed by atoms with van der Waals surface area (Å²) in [5, 5.41) is 13.2. The van der Waals surface area contributed by atoms with E-state index in [1.165, 1.54) is 5.56 Å². The summed E-state index contributed by atoms with van der Waals surface area (Å²) in [5.41, 5.74) is 6.46. The smallest absolute Gasteiger partial charge is 0.210 e. The molecule has 8 heteroatoms. The molecule has 0 bridgehead atoms. The molecule has 0 atom stereocenters. The van der Waals surface area contributed by atoms with Gasteiger partial charge in [0.2, 0.25) is 5.16 Å². The molecule has 0 unspecified atom stereocenters. The number of aryl methyl sites for hydroxylation is 1. The zero-order valence-electron chi connectivity index (χ0n) is 14.1. The number of anilines is 1. The van der Waals surface area contributed by atoms with Crippen LogP contribution in [0.1, 0.15) is 18.1 Å². The van der Waals surface area contributed by atoms with Crippen molar-refractivity contribution in [2.75, 3.05) is 10.7 Å². The number of aromatic nitrogens is 3. The van der Waals surface area contributed by atoms with Gasteiger partial charge in [0, 0.05) is 16.5 Å². The lowest BCUT2D eigenvalue weighted by Gasteiger charge is -2.12. The summed E-state index contributed by atoms with van der Waals surface area (Å²) in [4.78, 5) is 0. The van der Waals surface area contributed by atoms with Gasteiger partial charge in [-0.15, -0.1) is 10.2 Å². The lowest BCUT2D eigenvalue weighted by atomic mass is 10.1. The fourth-order valence-electron chi connectivity index (χ4n) is 2.22. The molecule has 2 aromatic carbocycles. The Kier molecular flexibility index (Phi) is 6.49. The van der Waals surface area contributed by atoms with E-state index >= 15 is 0 Å². The molecule has 134 valence electrons. The molecule has 1 aromatic heterocycles. The van der Waals surface area contributed by atoms with E-state index < -0.39 is 0 Å². The van der Waals surface area contributed by atoms with Crippen LogP contribution in [0.4, 0.5) is 5.69 Å². The molecule has 0 radical (unpaired) electrons. The largest absolute Gasteiger partial charge is 0.331 e. The number of hydrogen-bond acceptors (Lipinski definition) is 4. The van der Waals surface area contributed by atoms with Gasteiger partial charge in [-0.05, 0) is 54.0 Å². The standard InChI is InChI=1S/C18H18ClN5S2/c1-2-13-5-9-16(10-6-13)21-17(25)23-24-12-20-22-18(24)26-11-14-3-7-15(19)8-4-14/h3-10,12H,2,11H2,1H3,(H2,21,23,25). The second kappa shape index (κ2) is 9.02. The molecule has 0 aliphatic rings. The number of nitrogens with one attached hydrogen (secondary N) is 2. The fraction of sp³-hybridized carbons (Fsp3) is 0.167. The Labute approximate surface area is 167 Å². The maximum absolute atomic E-state index is 5.91. The number of halogens is 1. The molecule has 0 amide bonds. The van der Waals surface area contributed by atoms with Gasteiger partial charge in [0.15, 0.2) is 5.11 Å². The average Bonchev–Trinajstić information content (AvgIpc) is 3.08. The first-order valence-electron chi connectivity index (χ1n) is 8.08. The predicted octanol–water partition coefficient (Wildman–Crippen LogP) is 4.73. The summed E-state index contributed by atoms with van der Waals surface area (Å²) in [5.74, 6) is 0.760. The van der Waals surface area contributed by atoms with E-state index in [2.05, 4.69) is 40.0 Å². The van der Waals surface area contributed by atoms with Crippen molar-refractivity contribution in [1.82, 2.24) is 14.9 Å². The molecular weight excluding hydrogens is 386 g/mol. The maximum Gasteiger partial charge on any atom is 0.210 e. The van der Waals surface area contributed by atoms with E-state index in [0.717, 1.165) is 33.6 Å². The maximum atomic E-state index is 5.91. The van der Waals surface area contributed by atoms with Crippen molar-refractivity contribution in [1.29, 1.82) is 0 Å². The summed E-state index contributed by atoms with van der Waals surface area (Å²) in [6.45, 7) is 2.13. The Morgan fingerprint density at radius 3 is 2.50 bits per heavy atom. The van der Waals surface area contributed by atoms with Crippen LogP contribution in [0.2, 0.25) is 5.02 Å². The number of nitrogens with zero attached hydrogens (tertiary/aromatic N) is 3. The summed E-state index contributed by atoms with van der Waals surface area (Å²) in [7, 11) is 0. The monoisotopic (exact) mass is 403 g/mol. The molecule has 3 rings (SSSR count). The minimum Gasteiger partial charge on any atom is -0.331 e. The van der Waals surface area contributed by atoms with Gasteiger partial charge in [-0.3, -0.25) is 5.43 Å². The van der Waals surface area contributed by atoms with E-state index in [0.29, 0.717) is 5.11 Å². The quantitative estimate of drug-likeness (QED) is 0.458. The van der Waals surface area contributed by atoms with Crippen molar-refractivity contribution in [2.45, 2.75) is 24.3 Å². The molecule has 0 aliphatic carbocycles. The van der Waals surface area contributed by atoms with Crippen molar-refractivity contribution < 1.29 is 0 Å². The van der Waals surface area contributed by atoms with Gasteiger partial charge in [0.25, 0.3) is 0 Å². The molecule has 0 spiro atoms. The summed E-state index contributed by atoms with van der Waals surface area (Å²) in [6.07, 6.45) is 2.61. The third kappa shape index (κ3) is 5.20. The fourth-order valence-corrected chi connectivity index (χ4v) is 3.39. The van der Waals surface area contributed by atoms with E-state index in [1.54, 1.807) is 22.8 Å². The molecule has 0 aliphatic heterocycles. The second-order valence-electron chi connectivity index (χ2n) is 5.52. The molecule has 2 N–H and O–H groups in total. The molecule has 1 heterocycles. The van der Waals surface area contributed by atoms with Gasteiger partial charge in [-0.1, -0.05) is 54.6 Å². The highest BCUT2D eigenvalue weighted by molar-refractivity contribution is 7.98. The van der Waals surface area contributed by atoms with Crippen molar-refractivity contribution in [3.8, 4) is 0 Å². The van der Waals surface area contributed by atoms with Crippen LogP contribution in [0.3, 0.4) is 0 Å². The van der Waals surface area contributed by atoms with Crippen LogP contribution >= 0.6 is 35.6 Å². The van der Waals surface area contributed by atoms with Gasteiger partial charge in [0.05, 0.1) is 0 Å². The summed E-state index contributed by atoms with van der Waals surface area (Å²) < 4.78 is 1.70. The highest BCUT2D eigenvalue weighted by atomic mass is 35.5. The number of rotatable bonds is 6. The second-order valence-corrected chi connectivity index (χ2v) is 7.30. The number of hydrogen-bond donors (Lipinski definition) is 2. The van der Waals surface area contributed by atoms with Gasteiger partial charge < -0.3 is 5.32 Å². The van der Waals surface area contributed by atoms with Crippen LogP contribution in [0.5, 0.6) is 0 Å². The number of thiocarbonyl (C=S) groups is 1. The minimum atomic E-state index is 0.474. The number of thioether (sulfide) groups is 1. The first-order chi connectivity index (χ1) is 12.6. The van der Waals surface area contributed by atoms with Crippen LogP contribution < -0.4 is 10.7 Å². The SMILES string of the molecule is CCc1ccc(NC(=S)Nn2cnnc2SCc2ccc(Cl)cc2)cc1. The minimum absolute atomic E-state index is 0.474. The number of benzene rings is 2. The van der Waals surface area contributed by atoms with Crippen molar-refractivity contribution >= 4 is 46.4 Å². The highest BCUT2D eigenvalue weighted by Crippen LogP contribution is 2.21. The van der Waals surface area contributed by atoms with Crippen LogP contribution in [0.25, 0.3) is 0 Å². The molecule has 5 nitrogen and oxygen atoms in total. The Hall–Kier alpha value is -2.09. The average molecular weight is 404 g/mol. The summed E-state index contributed by atoms with van der Waals surface area (Å²) in [6, 6.07) is 15.9. The molecule has 0 saturated carbocycles. The van der Waals surface area contributed by atoms with Crippen LogP contribution in [-0.4, -0.2) is 20.0 Å². The Morgan fingerprint density at radius 2 is 1.81 bits per heavy atom. The Balaban J connectivity index is 1.57. The van der Waals surface area contributed by atoms with Gasteiger partial charge in [-0.25, -0.2) is 4.68 Å². The van der Waals surface area contributed by atoms with Crippen LogP contribution in [0, 0.1) is 0 Å². The van der Waals surface area contributed by atoms with Crippen LogP contribution in [0.15, 0.2) is 60.0 Å². The predicted molar refractivity (Wildman–Crippen MR) is 112 cm³/mol. The Bertz CT molecular complexity index is 862. The Morgan fingerprint density at radius 1 is 1.12 bits per heavy atom. The van der Waals surface area contributed by atoms with E-state index in [9.17, 15) is 0 Å². The summed E-state index contributed by atoms with van der Waals surface area (Å²) >= 11 is 12.8. The van der Waals surface area contributed by atoms with Crippen molar-refractivity contribution in [3.05, 3.63) is 71.0 Å². The van der Waals surface area contributed by atoms with Crippen molar-refractivity contribution in [2.24, 2.45) is 0 Å². The molecular formula is C18H18ClN5S2. The van der Waals surface area contributed by atoms with Gasteiger partial charge >= 0.3 is 0 Å². The molecule has 0 saturated heterocycles. The van der Waals surface area contributed by atoms with E-state index in [1.807, 2.05) is 36.4 Å². The topological polar surface area (TPSA) is 54.8 Å². The normalized spacial score (nSPS) is 10.5. The third-order valence-corrected chi connectivity index (χ3v) is 5.10. The lowest BCUT2D eigenvalue weighted by molar-refractivity contribution is 0.833. The first kappa shape index (κ1) is 18.7. The third-order valence-electron chi connectivity index (χ3n) is 3.64. The molecule has 0 fully saturated rings. The van der Waals surface area contributed by atoms with Crippen LogP contribution in [-0.2, 0) is 12.2 Å². The van der Waals surface area contributed by atoms with E-state index in [4.69, 9.17) is 23.8 Å².